The molecule has 0 atom stereocenters. The lowest BCUT2D eigenvalue weighted by molar-refractivity contribution is -0.0512. The molecule has 0 radical (unpaired) electrons. The molecule has 0 saturated heterocycles. The molecular formula is C13H13F2N3O4. The first-order chi connectivity index (χ1) is 10.6. The van der Waals surface area contributed by atoms with Crippen molar-refractivity contribution in [1.82, 2.24) is 15.4 Å². The maximum atomic E-state index is 12.3. The molecule has 7 nitrogen and oxygen atoms in total. The molecule has 0 amide bonds. The number of ether oxygens (including phenoxy) is 3. The van der Waals surface area contributed by atoms with Crippen LogP contribution >= 0.6 is 0 Å². The Bertz CT molecular complexity index is 660. The smallest absolute Gasteiger partial charge is 0.387 e. The third-order valence-electron chi connectivity index (χ3n) is 2.67. The molecule has 1 heterocycles. The first-order valence-electron chi connectivity index (χ1n) is 6.28. The van der Waals surface area contributed by atoms with Crippen LogP contribution in [0.1, 0.15) is 17.4 Å². The van der Waals surface area contributed by atoms with Gasteiger partial charge in [-0.2, -0.15) is 19.1 Å². The van der Waals surface area contributed by atoms with Crippen molar-refractivity contribution in [1.29, 1.82) is 0 Å². The lowest BCUT2D eigenvalue weighted by Gasteiger charge is -2.10. The molecule has 2 aromatic rings. The van der Waals surface area contributed by atoms with Crippen molar-refractivity contribution in [2.24, 2.45) is 0 Å². The van der Waals surface area contributed by atoms with Crippen molar-refractivity contribution in [2.45, 2.75) is 13.5 Å². The summed E-state index contributed by atoms with van der Waals surface area (Å²) in [6.45, 7) is -1.12. The maximum Gasteiger partial charge on any atom is 0.387 e. The summed E-state index contributed by atoms with van der Waals surface area (Å²) in [5.41, 5.74) is 0.655. The summed E-state index contributed by atoms with van der Waals surface area (Å²) in [6.07, 6.45) is 0. The number of hydrogen-bond donors (Lipinski definition) is 1. The standard InChI is InChI=1S/C13H13F2N3O4/c1-3-21-12(19)11-10(16-18-17-11)7-4-5-8(22-13(14)15)9(6-7)20-2/h4-6,13H,3H2,1-2H3,(H,16,17,18). The molecule has 0 saturated carbocycles. The second kappa shape index (κ2) is 6.83. The van der Waals surface area contributed by atoms with Gasteiger partial charge in [0.25, 0.3) is 0 Å². The highest BCUT2D eigenvalue weighted by molar-refractivity contribution is 5.94. The Kier molecular flexibility index (Phi) is 4.87. The van der Waals surface area contributed by atoms with Gasteiger partial charge in [-0.3, -0.25) is 0 Å². The molecule has 0 fully saturated rings. The van der Waals surface area contributed by atoms with Crippen LogP contribution in [0.5, 0.6) is 11.5 Å². The van der Waals surface area contributed by atoms with Gasteiger partial charge in [-0.05, 0) is 25.1 Å². The quantitative estimate of drug-likeness (QED) is 0.823. The van der Waals surface area contributed by atoms with Crippen molar-refractivity contribution in [3.8, 4) is 22.8 Å². The van der Waals surface area contributed by atoms with Crippen molar-refractivity contribution in [3.05, 3.63) is 23.9 Å². The topological polar surface area (TPSA) is 86.3 Å². The van der Waals surface area contributed by atoms with Crippen LogP contribution in [0.25, 0.3) is 11.3 Å². The zero-order valence-electron chi connectivity index (χ0n) is 11.8. The summed E-state index contributed by atoms with van der Waals surface area (Å²) in [7, 11) is 1.31. The molecule has 0 bridgehead atoms. The van der Waals surface area contributed by atoms with Crippen LogP contribution in [0, 0.1) is 0 Å². The fourth-order valence-electron chi connectivity index (χ4n) is 1.78. The third-order valence-corrected chi connectivity index (χ3v) is 2.67. The number of nitrogens with zero attached hydrogens (tertiary/aromatic N) is 2. The lowest BCUT2D eigenvalue weighted by atomic mass is 10.1. The predicted molar refractivity (Wildman–Crippen MR) is 71.0 cm³/mol. The van der Waals surface area contributed by atoms with E-state index in [1.165, 1.54) is 25.3 Å². The minimum Gasteiger partial charge on any atom is -0.493 e. The van der Waals surface area contributed by atoms with Crippen LogP contribution < -0.4 is 9.47 Å². The number of benzene rings is 1. The Morgan fingerprint density at radius 3 is 2.73 bits per heavy atom. The van der Waals surface area contributed by atoms with E-state index in [-0.39, 0.29) is 29.5 Å². The Balaban J connectivity index is 2.38. The highest BCUT2D eigenvalue weighted by Crippen LogP contribution is 2.33. The van der Waals surface area contributed by atoms with Gasteiger partial charge < -0.3 is 14.2 Å². The number of carbonyl (C=O) groups excluding carboxylic acids is 1. The second-order valence-electron chi connectivity index (χ2n) is 3.99. The van der Waals surface area contributed by atoms with Gasteiger partial charge in [0.1, 0.15) is 5.69 Å². The van der Waals surface area contributed by atoms with E-state index in [0.29, 0.717) is 5.56 Å². The molecule has 0 aliphatic heterocycles. The van der Waals surface area contributed by atoms with Crippen LogP contribution in [-0.2, 0) is 4.74 Å². The van der Waals surface area contributed by atoms with Crippen molar-refractivity contribution >= 4 is 5.97 Å². The SMILES string of the molecule is CCOC(=O)c1n[nH]nc1-c1ccc(OC(F)F)c(OC)c1. The predicted octanol–water partition coefficient (Wildman–Crippen LogP) is 2.26. The number of nitrogens with one attached hydrogen (secondary N) is 1. The molecule has 0 aliphatic carbocycles. The lowest BCUT2D eigenvalue weighted by Crippen LogP contribution is -2.07. The number of H-pyrrole nitrogens is 1. The summed E-state index contributed by atoms with van der Waals surface area (Å²) in [4.78, 5) is 11.8. The van der Waals surface area contributed by atoms with E-state index in [9.17, 15) is 13.6 Å². The Morgan fingerprint density at radius 1 is 1.32 bits per heavy atom. The number of aromatic amines is 1. The maximum absolute atomic E-state index is 12.3. The Hall–Kier alpha value is -2.71. The molecule has 1 aromatic carbocycles. The number of esters is 1. The minimum atomic E-state index is -2.97. The van der Waals surface area contributed by atoms with E-state index in [2.05, 4.69) is 20.1 Å². The third kappa shape index (κ3) is 3.30. The molecule has 1 aromatic heterocycles. The number of rotatable bonds is 6. The van der Waals surface area contributed by atoms with Gasteiger partial charge in [0.15, 0.2) is 17.2 Å². The number of carbonyl (C=O) groups is 1. The van der Waals surface area contributed by atoms with E-state index < -0.39 is 12.6 Å². The summed E-state index contributed by atoms with van der Waals surface area (Å²) >= 11 is 0. The molecule has 2 rings (SSSR count). The van der Waals surface area contributed by atoms with Gasteiger partial charge >= 0.3 is 12.6 Å². The molecule has 9 heteroatoms. The van der Waals surface area contributed by atoms with Gasteiger partial charge in [-0.15, -0.1) is 5.10 Å². The summed E-state index contributed by atoms with van der Waals surface area (Å²) in [5.74, 6) is -0.684. The van der Waals surface area contributed by atoms with Crippen molar-refractivity contribution in [3.63, 3.8) is 0 Å². The normalized spacial score (nSPS) is 10.6. The average molecular weight is 313 g/mol. The number of methoxy groups -OCH3 is 1. The van der Waals surface area contributed by atoms with E-state index >= 15 is 0 Å². The largest absolute Gasteiger partial charge is 0.493 e. The zero-order valence-corrected chi connectivity index (χ0v) is 11.8. The van der Waals surface area contributed by atoms with E-state index in [4.69, 9.17) is 9.47 Å². The average Bonchev–Trinajstić information content (AvgIpc) is 2.97. The number of alkyl halides is 2. The summed E-state index contributed by atoms with van der Waals surface area (Å²) < 4.78 is 38.8. The monoisotopic (exact) mass is 313 g/mol. The number of hydrogen-bond acceptors (Lipinski definition) is 6. The molecule has 0 unspecified atom stereocenters. The Labute approximate surface area is 124 Å². The zero-order chi connectivity index (χ0) is 16.1. The van der Waals surface area contributed by atoms with Crippen LogP contribution in [0.3, 0.4) is 0 Å². The van der Waals surface area contributed by atoms with Gasteiger partial charge in [0, 0.05) is 5.56 Å². The first-order valence-corrected chi connectivity index (χ1v) is 6.28. The Morgan fingerprint density at radius 2 is 2.09 bits per heavy atom. The van der Waals surface area contributed by atoms with Crippen molar-refractivity contribution in [2.75, 3.05) is 13.7 Å². The van der Waals surface area contributed by atoms with E-state index in [0.717, 1.165) is 0 Å². The van der Waals surface area contributed by atoms with Crippen LogP contribution in [0.4, 0.5) is 8.78 Å². The molecule has 118 valence electrons. The molecule has 0 aliphatic rings. The van der Waals surface area contributed by atoms with Crippen LogP contribution in [0.15, 0.2) is 18.2 Å². The van der Waals surface area contributed by atoms with Crippen molar-refractivity contribution < 1.29 is 27.8 Å². The highest BCUT2D eigenvalue weighted by atomic mass is 19.3. The van der Waals surface area contributed by atoms with Gasteiger partial charge in [0.2, 0.25) is 0 Å². The summed E-state index contributed by atoms with van der Waals surface area (Å²) in [6, 6.07) is 4.17. The van der Waals surface area contributed by atoms with E-state index in [1.807, 2.05) is 0 Å². The molecular weight excluding hydrogens is 300 g/mol. The summed E-state index contributed by atoms with van der Waals surface area (Å²) in [5, 5.41) is 9.94. The van der Waals surface area contributed by atoms with Gasteiger partial charge in [-0.1, -0.05) is 0 Å². The molecule has 1 N–H and O–H groups in total. The minimum absolute atomic E-state index is 0.00793. The second-order valence-corrected chi connectivity index (χ2v) is 3.99. The number of aromatic nitrogens is 3. The first kappa shape index (κ1) is 15.7. The van der Waals surface area contributed by atoms with Gasteiger partial charge in [-0.25, -0.2) is 4.79 Å². The molecule has 0 spiro atoms. The fraction of sp³-hybridized carbons (Fsp3) is 0.308. The van der Waals surface area contributed by atoms with Crippen LogP contribution in [-0.4, -0.2) is 41.7 Å². The van der Waals surface area contributed by atoms with E-state index in [1.54, 1.807) is 6.92 Å². The highest BCUT2D eigenvalue weighted by Gasteiger charge is 2.20. The number of halogens is 2. The van der Waals surface area contributed by atoms with Gasteiger partial charge in [0.05, 0.1) is 13.7 Å². The molecule has 22 heavy (non-hydrogen) atoms. The van der Waals surface area contributed by atoms with Crippen LogP contribution in [0.2, 0.25) is 0 Å². The fourth-order valence-corrected chi connectivity index (χ4v) is 1.78.